The van der Waals surface area contributed by atoms with Crippen LogP contribution in [-0.4, -0.2) is 25.6 Å². The normalized spacial score (nSPS) is 11.5. The minimum absolute atomic E-state index is 0.196. The first kappa shape index (κ1) is 19.3. The number of ketones is 1. The fourth-order valence-electron chi connectivity index (χ4n) is 2.68. The lowest BCUT2D eigenvalue weighted by Gasteiger charge is -2.10. The van der Waals surface area contributed by atoms with Crippen molar-refractivity contribution in [1.82, 2.24) is 5.16 Å². The van der Waals surface area contributed by atoms with Crippen molar-refractivity contribution in [1.29, 1.82) is 0 Å². The van der Waals surface area contributed by atoms with Crippen LogP contribution in [0, 0.1) is 6.92 Å². The van der Waals surface area contributed by atoms with Gasteiger partial charge in [-0.1, -0.05) is 41.0 Å². The average Bonchev–Trinajstić information content (AvgIpc) is 3.00. The van der Waals surface area contributed by atoms with Gasteiger partial charge in [0, 0.05) is 16.1 Å². The van der Waals surface area contributed by atoms with E-state index in [0.717, 1.165) is 6.26 Å². The summed E-state index contributed by atoms with van der Waals surface area (Å²) in [5.74, 6) is 0.0344. The van der Waals surface area contributed by atoms with Gasteiger partial charge < -0.3 is 4.52 Å². The van der Waals surface area contributed by atoms with E-state index in [0.29, 0.717) is 33.0 Å². The number of carbonyl (C=O) groups is 1. The zero-order chi connectivity index (χ0) is 19.6. The van der Waals surface area contributed by atoms with Gasteiger partial charge in [0.05, 0.1) is 17.5 Å². The summed E-state index contributed by atoms with van der Waals surface area (Å²) in [5.41, 5.74) is 2.57. The Bertz CT molecular complexity index is 1090. The van der Waals surface area contributed by atoms with Gasteiger partial charge in [0.2, 0.25) is 0 Å². The van der Waals surface area contributed by atoms with Gasteiger partial charge in [-0.25, -0.2) is 0 Å². The second-order valence-corrected chi connectivity index (χ2v) is 7.99. The highest BCUT2D eigenvalue weighted by molar-refractivity contribution is 7.85. The largest absolute Gasteiger partial charge is 0.358 e. The predicted molar refractivity (Wildman–Crippen MR) is 101 cm³/mol. The van der Waals surface area contributed by atoms with Crippen molar-refractivity contribution in [3.8, 4) is 11.1 Å². The van der Waals surface area contributed by atoms with Crippen LogP contribution in [0.2, 0.25) is 5.02 Å². The van der Waals surface area contributed by atoms with E-state index in [9.17, 15) is 13.2 Å². The summed E-state index contributed by atoms with van der Waals surface area (Å²) in [6, 6.07) is 13.6. The monoisotopic (exact) mass is 405 g/mol. The van der Waals surface area contributed by atoms with Crippen LogP contribution in [0.3, 0.4) is 0 Å². The topological polar surface area (TPSA) is 86.5 Å². The van der Waals surface area contributed by atoms with Crippen LogP contribution in [0.1, 0.15) is 27.4 Å². The summed E-state index contributed by atoms with van der Waals surface area (Å²) >= 11 is 5.89. The summed E-state index contributed by atoms with van der Waals surface area (Å²) in [4.78, 5) is 13.0. The maximum Gasteiger partial charge on any atom is 0.264 e. The molecule has 0 bridgehead atoms. The summed E-state index contributed by atoms with van der Waals surface area (Å²) in [7, 11) is -3.65. The molecule has 0 aliphatic heterocycles. The number of benzene rings is 2. The molecule has 6 nitrogen and oxygen atoms in total. The Morgan fingerprint density at radius 3 is 2.48 bits per heavy atom. The van der Waals surface area contributed by atoms with Gasteiger partial charge in [0.1, 0.15) is 6.61 Å². The van der Waals surface area contributed by atoms with Crippen molar-refractivity contribution >= 4 is 27.5 Å². The van der Waals surface area contributed by atoms with Crippen LogP contribution in [-0.2, 0) is 20.9 Å². The number of halogens is 1. The number of carbonyl (C=O) groups excluding carboxylic acids is 1. The van der Waals surface area contributed by atoms with E-state index in [1.165, 1.54) is 0 Å². The molecule has 0 saturated heterocycles. The molecule has 1 aromatic heterocycles. The Balaban J connectivity index is 2.05. The molecule has 3 aromatic rings. The Morgan fingerprint density at radius 1 is 1.15 bits per heavy atom. The van der Waals surface area contributed by atoms with Crippen molar-refractivity contribution in [2.24, 2.45) is 0 Å². The molecule has 0 spiro atoms. The molecule has 2 aromatic carbocycles. The molecule has 0 N–H and O–H groups in total. The molecule has 0 amide bonds. The van der Waals surface area contributed by atoms with Gasteiger partial charge >= 0.3 is 0 Å². The quantitative estimate of drug-likeness (QED) is 0.455. The Kier molecular flexibility index (Phi) is 5.46. The van der Waals surface area contributed by atoms with E-state index < -0.39 is 10.1 Å². The number of rotatable bonds is 6. The van der Waals surface area contributed by atoms with E-state index in [1.54, 1.807) is 55.5 Å². The van der Waals surface area contributed by atoms with Crippen molar-refractivity contribution in [3.05, 3.63) is 76.1 Å². The van der Waals surface area contributed by atoms with Gasteiger partial charge in [0.15, 0.2) is 11.5 Å². The first-order chi connectivity index (χ1) is 12.8. The van der Waals surface area contributed by atoms with Crippen LogP contribution >= 0.6 is 11.6 Å². The molecular weight excluding hydrogens is 390 g/mol. The smallest absolute Gasteiger partial charge is 0.264 e. The van der Waals surface area contributed by atoms with Crippen LogP contribution < -0.4 is 0 Å². The highest BCUT2D eigenvalue weighted by Gasteiger charge is 2.22. The van der Waals surface area contributed by atoms with E-state index in [-0.39, 0.29) is 18.2 Å². The highest BCUT2D eigenvalue weighted by Crippen LogP contribution is 2.32. The minimum Gasteiger partial charge on any atom is -0.358 e. The first-order valence-electron chi connectivity index (χ1n) is 7.95. The molecule has 0 fully saturated rings. The lowest BCUT2D eigenvalue weighted by atomic mass is 9.93. The van der Waals surface area contributed by atoms with Crippen LogP contribution in [0.25, 0.3) is 11.1 Å². The van der Waals surface area contributed by atoms with Crippen molar-refractivity contribution in [2.45, 2.75) is 13.5 Å². The highest BCUT2D eigenvalue weighted by atomic mass is 35.5. The van der Waals surface area contributed by atoms with Gasteiger partial charge in [-0.3, -0.25) is 8.98 Å². The van der Waals surface area contributed by atoms with Crippen molar-refractivity contribution in [2.75, 3.05) is 6.26 Å². The molecular formula is C19H16ClNO5S. The maximum absolute atomic E-state index is 13.0. The lowest BCUT2D eigenvalue weighted by Crippen LogP contribution is -2.06. The fraction of sp³-hybridized carbons (Fsp3) is 0.158. The Labute approximate surface area is 161 Å². The van der Waals surface area contributed by atoms with Crippen molar-refractivity contribution in [3.63, 3.8) is 0 Å². The SMILES string of the molecule is Cc1noc(COS(C)(=O)=O)c1-c1ccccc1C(=O)c1ccc(Cl)cc1. The molecule has 27 heavy (non-hydrogen) atoms. The maximum atomic E-state index is 13.0. The molecule has 0 atom stereocenters. The van der Waals surface area contributed by atoms with Crippen LogP contribution in [0.15, 0.2) is 53.1 Å². The zero-order valence-electron chi connectivity index (χ0n) is 14.6. The van der Waals surface area contributed by atoms with E-state index in [4.69, 9.17) is 20.3 Å². The summed E-state index contributed by atoms with van der Waals surface area (Å²) in [5, 5.41) is 4.44. The third-order valence-electron chi connectivity index (χ3n) is 3.88. The van der Waals surface area contributed by atoms with Crippen molar-refractivity contribution < 1.29 is 21.9 Å². The summed E-state index contributed by atoms with van der Waals surface area (Å²) < 4.78 is 32.7. The van der Waals surface area contributed by atoms with E-state index >= 15 is 0 Å². The van der Waals surface area contributed by atoms with Gasteiger partial charge in [-0.15, -0.1) is 0 Å². The van der Waals surface area contributed by atoms with E-state index in [1.807, 2.05) is 0 Å². The predicted octanol–water partition coefficient (Wildman–Crippen LogP) is 4.01. The number of aryl methyl sites for hydroxylation is 1. The van der Waals surface area contributed by atoms with Gasteiger partial charge in [-0.2, -0.15) is 8.42 Å². The molecule has 0 unspecified atom stereocenters. The van der Waals surface area contributed by atoms with Gasteiger partial charge in [0.25, 0.3) is 10.1 Å². The molecule has 0 saturated carbocycles. The molecule has 8 heteroatoms. The number of hydrogen-bond donors (Lipinski definition) is 0. The second-order valence-electron chi connectivity index (χ2n) is 5.91. The molecule has 0 aliphatic rings. The Morgan fingerprint density at radius 2 is 1.81 bits per heavy atom. The second kappa shape index (κ2) is 7.64. The summed E-state index contributed by atoms with van der Waals surface area (Å²) in [6.07, 6.45) is 0.952. The lowest BCUT2D eigenvalue weighted by molar-refractivity contribution is 0.103. The average molecular weight is 406 g/mol. The van der Waals surface area contributed by atoms with E-state index in [2.05, 4.69) is 5.16 Å². The zero-order valence-corrected chi connectivity index (χ0v) is 16.2. The molecule has 0 aliphatic carbocycles. The molecule has 1 heterocycles. The minimum atomic E-state index is -3.65. The third kappa shape index (κ3) is 4.44. The van der Waals surface area contributed by atoms with Gasteiger partial charge in [-0.05, 0) is 36.8 Å². The molecule has 0 radical (unpaired) electrons. The molecule has 3 rings (SSSR count). The number of aromatic nitrogens is 1. The summed E-state index contributed by atoms with van der Waals surface area (Å²) in [6.45, 7) is 1.41. The standard InChI is InChI=1S/C19H16ClNO5S/c1-12-18(17(26-21-12)11-25-27(2,23)24)15-5-3-4-6-16(15)19(22)13-7-9-14(20)10-8-13/h3-10H,11H2,1-2H3. The van der Waals surface area contributed by atoms with Crippen LogP contribution in [0.5, 0.6) is 0 Å². The number of nitrogens with zero attached hydrogens (tertiary/aromatic N) is 1. The Hall–Kier alpha value is -2.48. The third-order valence-corrected chi connectivity index (χ3v) is 4.68. The fourth-order valence-corrected chi connectivity index (χ4v) is 3.12. The first-order valence-corrected chi connectivity index (χ1v) is 10.1. The molecule has 140 valence electrons. The number of hydrogen-bond acceptors (Lipinski definition) is 6. The van der Waals surface area contributed by atoms with Crippen LogP contribution in [0.4, 0.5) is 0 Å².